The molecule has 1 aliphatic heterocycles. The average molecular weight is 232 g/mol. The minimum absolute atomic E-state index is 0.472. The Morgan fingerprint density at radius 2 is 1.00 bits per heavy atom. The summed E-state index contributed by atoms with van der Waals surface area (Å²) in [5, 5.41) is 0. The van der Waals surface area contributed by atoms with E-state index in [0.29, 0.717) is 9.49 Å². The van der Waals surface area contributed by atoms with Gasteiger partial charge in [0.25, 0.3) is 0 Å². The Labute approximate surface area is 97.4 Å². The van der Waals surface area contributed by atoms with Crippen LogP contribution in [0.25, 0.3) is 0 Å². The van der Waals surface area contributed by atoms with Gasteiger partial charge in [-0.05, 0) is 40.5 Å². The molecule has 0 amide bonds. The second kappa shape index (κ2) is 5.16. The van der Waals surface area contributed by atoms with Crippen molar-refractivity contribution in [2.24, 2.45) is 0 Å². The van der Waals surface area contributed by atoms with Gasteiger partial charge < -0.3 is 0 Å². The summed E-state index contributed by atoms with van der Waals surface area (Å²) in [5.41, 5.74) is 0. The molecule has 0 radical (unpaired) electrons. The van der Waals surface area contributed by atoms with E-state index in [0.717, 1.165) is 0 Å². The third-order valence-corrected chi connectivity index (χ3v) is 7.15. The van der Waals surface area contributed by atoms with Gasteiger partial charge in [0.15, 0.2) is 0 Å². The zero-order chi connectivity index (χ0) is 10.7. The normalized spacial score (nSPS) is 28.3. The van der Waals surface area contributed by atoms with E-state index in [-0.39, 0.29) is 0 Å². The number of hydrogen-bond donors (Lipinski definition) is 0. The monoisotopic (exact) mass is 232 g/mol. The lowest BCUT2D eigenvalue weighted by Gasteiger charge is -2.31. The Morgan fingerprint density at radius 1 is 0.643 bits per heavy atom. The van der Waals surface area contributed by atoms with Crippen LogP contribution in [0.5, 0.6) is 0 Å². The summed E-state index contributed by atoms with van der Waals surface area (Å²) in [5.74, 6) is 0. The Kier molecular flexibility index (Phi) is 4.70. The third kappa shape index (κ3) is 4.97. The second-order valence-electron chi connectivity index (χ2n) is 5.60. The molecule has 0 aromatic heterocycles. The topological polar surface area (TPSA) is 0 Å². The molecule has 1 aliphatic rings. The molecule has 0 aromatic carbocycles. The molecule has 2 heteroatoms. The first-order valence-corrected chi connectivity index (χ1v) is 7.93. The Hall–Kier alpha value is 0.700. The third-order valence-electron chi connectivity index (χ3n) is 2.80. The molecule has 0 aliphatic carbocycles. The van der Waals surface area contributed by atoms with Crippen molar-refractivity contribution in [2.75, 3.05) is 0 Å². The van der Waals surface area contributed by atoms with Gasteiger partial charge in [0, 0.05) is 9.49 Å². The van der Waals surface area contributed by atoms with Crippen LogP contribution in [-0.2, 0) is 0 Å². The van der Waals surface area contributed by atoms with Gasteiger partial charge in [0.05, 0.1) is 0 Å². The molecule has 0 spiro atoms. The molecular formula is C12H24S2. The van der Waals surface area contributed by atoms with Gasteiger partial charge in [0.1, 0.15) is 0 Å². The maximum atomic E-state index is 2.39. The van der Waals surface area contributed by atoms with Crippen LogP contribution in [0.4, 0.5) is 0 Å². The highest BCUT2D eigenvalue weighted by Crippen LogP contribution is 2.48. The van der Waals surface area contributed by atoms with Crippen LogP contribution in [0.1, 0.15) is 66.2 Å². The molecule has 0 nitrogen and oxygen atoms in total. The smallest absolute Gasteiger partial charge is 0.0207 e. The minimum atomic E-state index is 0.472. The summed E-state index contributed by atoms with van der Waals surface area (Å²) in [4.78, 5) is 0. The number of rotatable bonds is 0. The first kappa shape index (κ1) is 12.8. The molecule has 1 rings (SSSR count). The molecule has 0 N–H and O–H groups in total. The largest absolute Gasteiger partial charge is 0.0873 e. The van der Waals surface area contributed by atoms with Crippen molar-refractivity contribution < 1.29 is 0 Å². The van der Waals surface area contributed by atoms with E-state index in [9.17, 15) is 0 Å². The van der Waals surface area contributed by atoms with E-state index in [2.05, 4.69) is 49.3 Å². The average Bonchev–Trinajstić information content (AvgIpc) is 2.08. The summed E-state index contributed by atoms with van der Waals surface area (Å²) in [6.07, 6.45) is 8.46. The van der Waals surface area contributed by atoms with Crippen molar-refractivity contribution in [1.82, 2.24) is 0 Å². The molecular weight excluding hydrogens is 208 g/mol. The molecule has 84 valence electrons. The summed E-state index contributed by atoms with van der Waals surface area (Å²) in [7, 11) is 4.20. The predicted octanol–water partition coefficient (Wildman–Crippen LogP) is 5.28. The van der Waals surface area contributed by atoms with Crippen LogP contribution in [0.2, 0.25) is 0 Å². The highest BCUT2D eigenvalue weighted by atomic mass is 33.1. The molecule has 0 bridgehead atoms. The fourth-order valence-corrected chi connectivity index (χ4v) is 4.52. The van der Waals surface area contributed by atoms with Crippen molar-refractivity contribution in [3.63, 3.8) is 0 Å². The SMILES string of the molecule is CC1(C)CCCCCCC(C)(C)SS1. The molecule has 1 fully saturated rings. The molecule has 0 atom stereocenters. The van der Waals surface area contributed by atoms with E-state index < -0.39 is 0 Å². The predicted molar refractivity (Wildman–Crippen MR) is 71.0 cm³/mol. The van der Waals surface area contributed by atoms with Crippen LogP contribution in [0.15, 0.2) is 0 Å². The van der Waals surface area contributed by atoms with Gasteiger partial charge in [-0.25, -0.2) is 0 Å². The van der Waals surface area contributed by atoms with E-state index in [1.54, 1.807) is 0 Å². The van der Waals surface area contributed by atoms with Crippen molar-refractivity contribution >= 4 is 21.6 Å². The van der Waals surface area contributed by atoms with Gasteiger partial charge in [-0.1, -0.05) is 47.3 Å². The quantitative estimate of drug-likeness (QED) is 0.521. The zero-order valence-corrected chi connectivity index (χ0v) is 11.7. The van der Waals surface area contributed by atoms with Gasteiger partial charge in [0.2, 0.25) is 0 Å². The lowest BCUT2D eigenvalue weighted by Crippen LogP contribution is -2.19. The summed E-state index contributed by atoms with van der Waals surface area (Å²) < 4.78 is 0.943. The molecule has 0 saturated carbocycles. The molecule has 0 unspecified atom stereocenters. The zero-order valence-electron chi connectivity index (χ0n) is 10.1. The van der Waals surface area contributed by atoms with Crippen molar-refractivity contribution in [3.8, 4) is 0 Å². The molecule has 0 aromatic rings. The van der Waals surface area contributed by atoms with Crippen LogP contribution in [0, 0.1) is 0 Å². The van der Waals surface area contributed by atoms with Crippen LogP contribution < -0.4 is 0 Å². The highest BCUT2D eigenvalue weighted by Gasteiger charge is 2.26. The van der Waals surface area contributed by atoms with E-state index in [1.807, 2.05) is 0 Å². The Bertz CT molecular complexity index is 153. The van der Waals surface area contributed by atoms with Crippen molar-refractivity contribution in [2.45, 2.75) is 75.7 Å². The summed E-state index contributed by atoms with van der Waals surface area (Å²) >= 11 is 0. The lowest BCUT2D eigenvalue weighted by atomic mass is 10.0. The maximum Gasteiger partial charge on any atom is 0.0207 e. The van der Waals surface area contributed by atoms with Crippen molar-refractivity contribution in [1.29, 1.82) is 0 Å². The molecule has 14 heavy (non-hydrogen) atoms. The second-order valence-corrected chi connectivity index (χ2v) is 9.14. The number of hydrogen-bond acceptors (Lipinski definition) is 2. The molecule has 1 heterocycles. The van der Waals surface area contributed by atoms with Gasteiger partial charge in [-0.15, -0.1) is 0 Å². The van der Waals surface area contributed by atoms with Crippen molar-refractivity contribution in [3.05, 3.63) is 0 Å². The minimum Gasteiger partial charge on any atom is -0.0873 e. The van der Waals surface area contributed by atoms with E-state index >= 15 is 0 Å². The Balaban J connectivity index is 2.50. The van der Waals surface area contributed by atoms with Crippen LogP contribution in [0.3, 0.4) is 0 Å². The first-order chi connectivity index (χ1) is 6.41. The summed E-state index contributed by atoms with van der Waals surface area (Å²) in [6, 6.07) is 0. The van der Waals surface area contributed by atoms with Crippen LogP contribution >= 0.6 is 21.6 Å². The fraction of sp³-hybridized carbons (Fsp3) is 1.00. The van der Waals surface area contributed by atoms with E-state index in [4.69, 9.17) is 0 Å². The van der Waals surface area contributed by atoms with Gasteiger partial charge in [-0.3, -0.25) is 0 Å². The van der Waals surface area contributed by atoms with Crippen LogP contribution in [-0.4, -0.2) is 9.49 Å². The molecule has 1 saturated heterocycles. The first-order valence-electron chi connectivity index (χ1n) is 5.78. The highest BCUT2D eigenvalue weighted by molar-refractivity contribution is 8.77. The Morgan fingerprint density at radius 3 is 1.36 bits per heavy atom. The van der Waals surface area contributed by atoms with E-state index in [1.165, 1.54) is 38.5 Å². The maximum absolute atomic E-state index is 2.39. The summed E-state index contributed by atoms with van der Waals surface area (Å²) in [6.45, 7) is 9.56. The standard InChI is InChI=1S/C12H24S2/c1-11(2)9-7-5-6-8-10-12(3,4)14-13-11/h5-10H2,1-4H3. The van der Waals surface area contributed by atoms with Gasteiger partial charge >= 0.3 is 0 Å². The fourth-order valence-electron chi connectivity index (χ4n) is 1.76. The lowest BCUT2D eigenvalue weighted by molar-refractivity contribution is 0.518. The van der Waals surface area contributed by atoms with Gasteiger partial charge in [-0.2, -0.15) is 0 Å².